The Labute approximate surface area is 93.5 Å². The second kappa shape index (κ2) is 5.28. The van der Waals surface area contributed by atoms with Crippen LogP contribution in [-0.4, -0.2) is 15.6 Å². The van der Waals surface area contributed by atoms with Gasteiger partial charge in [-0.15, -0.1) is 0 Å². The van der Waals surface area contributed by atoms with Crippen LogP contribution in [-0.2, 0) is 4.43 Å². The lowest BCUT2D eigenvalue weighted by Gasteiger charge is -2.21. The van der Waals surface area contributed by atoms with Crippen molar-refractivity contribution in [1.29, 1.82) is 0 Å². The van der Waals surface area contributed by atoms with E-state index in [1.165, 1.54) is 30.0 Å². The molecule has 1 fully saturated rings. The van der Waals surface area contributed by atoms with Crippen LogP contribution in [0, 0.1) is 0 Å². The van der Waals surface area contributed by atoms with Crippen molar-refractivity contribution in [3.63, 3.8) is 0 Å². The number of hydrogen-bond donors (Lipinski definition) is 0. The van der Waals surface area contributed by atoms with Gasteiger partial charge in [-0.2, -0.15) is 0 Å². The molecule has 0 aliphatic carbocycles. The molecule has 1 atom stereocenters. The summed E-state index contributed by atoms with van der Waals surface area (Å²) in [7, 11) is -0.953. The second-order valence-corrected chi connectivity index (χ2v) is 6.73. The molecule has 1 saturated heterocycles. The summed E-state index contributed by atoms with van der Waals surface area (Å²) in [5.41, 5.74) is 2.54. The predicted octanol–water partition coefficient (Wildman–Crippen LogP) is 3.23. The smallest absolute Gasteiger partial charge is 0.181 e. The van der Waals surface area contributed by atoms with Gasteiger partial charge in [0.1, 0.15) is 0 Å². The van der Waals surface area contributed by atoms with Crippen LogP contribution in [0.5, 0.6) is 0 Å². The van der Waals surface area contributed by atoms with E-state index in [9.17, 15) is 0 Å². The van der Waals surface area contributed by atoms with Crippen molar-refractivity contribution in [1.82, 2.24) is 0 Å². The Morgan fingerprint density at radius 3 is 2.73 bits per heavy atom. The van der Waals surface area contributed by atoms with Gasteiger partial charge < -0.3 is 4.43 Å². The van der Waals surface area contributed by atoms with Crippen LogP contribution >= 0.6 is 0 Å². The van der Waals surface area contributed by atoms with Gasteiger partial charge in [-0.05, 0) is 29.6 Å². The van der Waals surface area contributed by atoms with Gasteiger partial charge >= 0.3 is 0 Å². The van der Waals surface area contributed by atoms with Crippen LogP contribution in [0.4, 0.5) is 0 Å². The minimum Gasteiger partial charge on any atom is -0.420 e. The van der Waals surface area contributed by atoms with Crippen molar-refractivity contribution >= 4 is 14.6 Å². The Balaban J connectivity index is 1.91. The second-order valence-electron chi connectivity index (χ2n) is 4.16. The normalized spacial score (nSPS) is 21.2. The molecule has 1 unspecified atom stereocenters. The van der Waals surface area contributed by atoms with E-state index in [-0.39, 0.29) is 0 Å². The average Bonchev–Trinajstić information content (AvgIpc) is 2.31. The van der Waals surface area contributed by atoms with Crippen molar-refractivity contribution in [2.24, 2.45) is 0 Å². The molecule has 0 bridgehead atoms. The van der Waals surface area contributed by atoms with Crippen LogP contribution in [0.1, 0.15) is 18.4 Å². The maximum atomic E-state index is 5.85. The zero-order valence-electron chi connectivity index (χ0n) is 9.11. The number of benzene rings is 1. The monoisotopic (exact) mass is 218 g/mol. The summed E-state index contributed by atoms with van der Waals surface area (Å²) in [5, 5.41) is 0. The molecule has 2 heteroatoms. The third-order valence-electron chi connectivity index (χ3n) is 2.93. The van der Waals surface area contributed by atoms with Crippen LogP contribution in [0.25, 0.3) is 5.57 Å². The van der Waals surface area contributed by atoms with Crippen molar-refractivity contribution < 1.29 is 4.43 Å². The molecule has 1 aliphatic heterocycles. The fourth-order valence-electron chi connectivity index (χ4n) is 2.03. The van der Waals surface area contributed by atoms with Crippen LogP contribution in [0.15, 0.2) is 36.9 Å². The van der Waals surface area contributed by atoms with Crippen molar-refractivity contribution in [3.8, 4) is 0 Å². The zero-order chi connectivity index (χ0) is 10.5. The number of rotatable bonds is 3. The summed E-state index contributed by atoms with van der Waals surface area (Å²) >= 11 is 0. The number of allylic oxidation sites excluding steroid dienone is 1. The Morgan fingerprint density at radius 2 is 2.07 bits per heavy atom. The van der Waals surface area contributed by atoms with E-state index in [0.29, 0.717) is 0 Å². The largest absolute Gasteiger partial charge is 0.420 e. The summed E-state index contributed by atoms with van der Waals surface area (Å²) in [5.74, 6) is 0. The molecule has 80 valence electrons. The molecule has 15 heavy (non-hydrogen) atoms. The lowest BCUT2D eigenvalue weighted by Crippen LogP contribution is -2.23. The molecule has 1 aromatic carbocycles. The molecule has 0 amide bonds. The minimum absolute atomic E-state index is 0.953. The molecule has 0 saturated carbocycles. The molecular weight excluding hydrogens is 200 g/mol. The maximum Gasteiger partial charge on any atom is 0.181 e. The first kappa shape index (κ1) is 10.6. The van der Waals surface area contributed by atoms with Gasteiger partial charge in [0, 0.05) is 6.61 Å². The summed E-state index contributed by atoms with van der Waals surface area (Å²) in [4.78, 5) is 0. The summed E-state index contributed by atoms with van der Waals surface area (Å²) < 4.78 is 5.85. The number of hydrogen-bond acceptors (Lipinski definition) is 1. The van der Waals surface area contributed by atoms with Gasteiger partial charge in [-0.3, -0.25) is 0 Å². The van der Waals surface area contributed by atoms with Crippen molar-refractivity contribution in [2.45, 2.75) is 24.9 Å². The maximum absolute atomic E-state index is 5.85. The zero-order valence-corrected chi connectivity index (χ0v) is 10.3. The molecule has 0 aromatic heterocycles. The molecule has 1 aliphatic rings. The summed E-state index contributed by atoms with van der Waals surface area (Å²) in [6.45, 7) is 5.16. The fraction of sp³-hybridized carbons (Fsp3) is 0.385. The standard InChI is InChI=1S/C13H18OSi/c1-12(13-7-3-2-4-8-13)11-15-10-6-5-9-14-15/h2-4,7-8,15H,1,5-6,9-11H2. The van der Waals surface area contributed by atoms with Gasteiger partial charge in [0.2, 0.25) is 0 Å². The SMILES string of the molecule is C=C(C[SiH]1CCCCO1)c1ccccc1. The summed E-state index contributed by atoms with van der Waals surface area (Å²) in [6.07, 6.45) is 2.61. The Bertz CT molecular complexity index is 315. The van der Waals surface area contributed by atoms with E-state index in [0.717, 1.165) is 12.7 Å². The third-order valence-corrected chi connectivity index (χ3v) is 5.64. The molecule has 0 N–H and O–H groups in total. The average molecular weight is 218 g/mol. The van der Waals surface area contributed by atoms with Gasteiger partial charge in [-0.25, -0.2) is 0 Å². The third kappa shape index (κ3) is 3.04. The van der Waals surface area contributed by atoms with E-state index in [2.05, 4.69) is 30.8 Å². The van der Waals surface area contributed by atoms with Crippen LogP contribution in [0.3, 0.4) is 0 Å². The minimum atomic E-state index is -0.953. The molecule has 1 heterocycles. The molecule has 0 spiro atoms. The van der Waals surface area contributed by atoms with Crippen LogP contribution in [0.2, 0.25) is 12.1 Å². The van der Waals surface area contributed by atoms with E-state index >= 15 is 0 Å². The highest BCUT2D eigenvalue weighted by Crippen LogP contribution is 2.23. The molecular formula is C13H18OSi. The molecule has 2 rings (SSSR count). The highest BCUT2D eigenvalue weighted by atomic mass is 28.3. The van der Waals surface area contributed by atoms with E-state index < -0.39 is 9.04 Å². The topological polar surface area (TPSA) is 9.23 Å². The lowest BCUT2D eigenvalue weighted by molar-refractivity contribution is 0.289. The van der Waals surface area contributed by atoms with Crippen molar-refractivity contribution in [3.05, 3.63) is 42.5 Å². The first-order chi connectivity index (χ1) is 7.36. The Kier molecular flexibility index (Phi) is 3.75. The predicted molar refractivity (Wildman–Crippen MR) is 67.4 cm³/mol. The fourth-order valence-corrected chi connectivity index (χ4v) is 4.55. The summed E-state index contributed by atoms with van der Waals surface area (Å²) in [6, 6.07) is 12.9. The van der Waals surface area contributed by atoms with Crippen molar-refractivity contribution in [2.75, 3.05) is 6.61 Å². The Morgan fingerprint density at radius 1 is 1.27 bits per heavy atom. The highest BCUT2D eigenvalue weighted by Gasteiger charge is 2.17. The highest BCUT2D eigenvalue weighted by molar-refractivity contribution is 6.54. The lowest BCUT2D eigenvalue weighted by atomic mass is 10.1. The van der Waals surface area contributed by atoms with E-state index in [4.69, 9.17) is 4.43 Å². The Hall–Kier alpha value is -0.863. The quantitative estimate of drug-likeness (QED) is 0.708. The van der Waals surface area contributed by atoms with E-state index in [1.807, 2.05) is 6.07 Å². The molecule has 1 aromatic rings. The van der Waals surface area contributed by atoms with E-state index in [1.54, 1.807) is 0 Å². The van der Waals surface area contributed by atoms with Gasteiger partial charge in [0.05, 0.1) is 0 Å². The van der Waals surface area contributed by atoms with Crippen LogP contribution < -0.4 is 0 Å². The molecule has 1 nitrogen and oxygen atoms in total. The molecule has 0 radical (unpaired) electrons. The van der Waals surface area contributed by atoms with Gasteiger partial charge in [0.25, 0.3) is 0 Å². The van der Waals surface area contributed by atoms with Gasteiger partial charge in [0.15, 0.2) is 9.04 Å². The van der Waals surface area contributed by atoms with Gasteiger partial charge in [-0.1, -0.05) is 43.3 Å². The first-order valence-electron chi connectivity index (χ1n) is 5.71. The first-order valence-corrected chi connectivity index (χ1v) is 7.81.